The van der Waals surface area contributed by atoms with E-state index in [4.69, 9.17) is 30.1 Å². The van der Waals surface area contributed by atoms with Gasteiger partial charge in [-0.15, -0.1) is 0 Å². The first-order valence-electron chi connectivity index (χ1n) is 11.5. The number of allylic oxidation sites excluding steroid dienone is 1. The van der Waals surface area contributed by atoms with Crippen LogP contribution in [0.3, 0.4) is 0 Å². The quantitative estimate of drug-likeness (QED) is 0.347. The largest absolute Gasteiger partial charge is 0.435 e. The first-order valence-corrected chi connectivity index (χ1v) is 14.1. The van der Waals surface area contributed by atoms with E-state index in [0.717, 1.165) is 28.3 Å². The number of nitrogens with zero attached hydrogens (tertiary/aromatic N) is 1. The molecule has 0 saturated carbocycles. The highest BCUT2D eigenvalue weighted by Gasteiger charge is 2.62. The van der Waals surface area contributed by atoms with Crippen molar-refractivity contribution in [1.82, 2.24) is 4.90 Å². The van der Waals surface area contributed by atoms with Gasteiger partial charge in [0.15, 0.2) is 17.6 Å². The molecular formula is C25H26F2NO8PS. The maximum atomic E-state index is 14.5. The maximum absolute atomic E-state index is 14.5. The zero-order valence-electron chi connectivity index (χ0n) is 20.4. The summed E-state index contributed by atoms with van der Waals surface area (Å²) in [6.45, 7) is -1.17. The number of rotatable bonds is 9. The lowest BCUT2D eigenvalue weighted by Crippen LogP contribution is -2.52. The van der Waals surface area contributed by atoms with E-state index in [9.17, 15) is 28.6 Å². The molecule has 0 aromatic heterocycles. The average Bonchev–Trinajstić information content (AvgIpc) is 3.12. The summed E-state index contributed by atoms with van der Waals surface area (Å²) in [4.78, 5) is 24.6. The van der Waals surface area contributed by atoms with Crippen molar-refractivity contribution in [3.63, 3.8) is 0 Å². The third kappa shape index (κ3) is 5.96. The van der Waals surface area contributed by atoms with Crippen molar-refractivity contribution >= 4 is 30.2 Å². The van der Waals surface area contributed by atoms with Gasteiger partial charge in [0, 0.05) is 18.0 Å². The fraction of sp³-hybridized carbons (Fsp3) is 0.360. The SMILES string of the molecule is Cc1ccc(OP(=S)(OC[C@@]2(C(F)F)O[C@@H](N3C=CC(=O)CC3=O)[C@@H](O)[C@@H]2O)Oc2ccc(C)cc2)cc1. The number of ether oxygens (including phenoxy) is 1. The Hall–Kier alpha value is -2.73. The number of halogens is 2. The van der Waals surface area contributed by atoms with Gasteiger partial charge < -0.3 is 24.0 Å². The van der Waals surface area contributed by atoms with Crippen LogP contribution in [0.4, 0.5) is 8.78 Å². The normalized spacial score (nSPS) is 25.8. The third-order valence-corrected chi connectivity index (χ3v) is 8.14. The highest BCUT2D eigenvalue weighted by molar-refractivity contribution is 8.07. The Kier molecular flexibility index (Phi) is 8.32. The summed E-state index contributed by atoms with van der Waals surface area (Å²) in [5.74, 6) is -0.756. The molecule has 13 heteroatoms. The van der Waals surface area contributed by atoms with Crippen LogP contribution in [0.5, 0.6) is 11.5 Å². The fourth-order valence-corrected chi connectivity index (χ4v) is 5.81. The first-order chi connectivity index (χ1) is 17.9. The zero-order valence-corrected chi connectivity index (χ0v) is 22.1. The van der Waals surface area contributed by atoms with Crippen LogP contribution in [0.15, 0.2) is 60.8 Å². The molecule has 9 nitrogen and oxygen atoms in total. The monoisotopic (exact) mass is 569 g/mol. The molecule has 4 atom stereocenters. The Morgan fingerprint density at radius 1 is 1.05 bits per heavy atom. The van der Waals surface area contributed by atoms with Crippen LogP contribution in [-0.4, -0.2) is 63.9 Å². The van der Waals surface area contributed by atoms with Crippen molar-refractivity contribution in [2.45, 2.75) is 50.7 Å². The molecule has 0 bridgehead atoms. The number of ketones is 1. The van der Waals surface area contributed by atoms with Gasteiger partial charge in [0.05, 0.1) is 13.0 Å². The molecule has 2 aromatic rings. The van der Waals surface area contributed by atoms with Gasteiger partial charge in [0.25, 0.3) is 6.43 Å². The van der Waals surface area contributed by atoms with E-state index in [1.807, 2.05) is 13.8 Å². The molecule has 0 unspecified atom stereocenters. The number of carbonyl (C=O) groups is 2. The molecule has 4 rings (SSSR count). The van der Waals surface area contributed by atoms with E-state index in [1.54, 1.807) is 48.5 Å². The first kappa shape index (κ1) is 28.3. The molecule has 2 aliphatic heterocycles. The Bertz CT molecular complexity index is 1210. The number of hydrogen-bond acceptors (Lipinski definition) is 9. The lowest BCUT2D eigenvalue weighted by atomic mass is 9.96. The van der Waals surface area contributed by atoms with Crippen LogP contribution in [-0.2, 0) is 30.7 Å². The predicted molar refractivity (Wildman–Crippen MR) is 135 cm³/mol. The molecule has 204 valence electrons. The fourth-order valence-electron chi connectivity index (χ4n) is 3.87. The number of amides is 1. The molecule has 2 N–H and O–H groups in total. The van der Waals surface area contributed by atoms with Crippen LogP contribution >= 0.6 is 6.72 Å². The third-order valence-electron chi connectivity index (χ3n) is 6.06. The van der Waals surface area contributed by atoms with Crippen LogP contribution in [0.1, 0.15) is 17.5 Å². The van der Waals surface area contributed by atoms with Gasteiger partial charge >= 0.3 is 6.72 Å². The molecule has 1 fully saturated rings. The van der Waals surface area contributed by atoms with Crippen molar-refractivity contribution < 1.29 is 46.9 Å². The standard InChI is InChI=1S/C25H26F2NO8PS/c1-15-3-7-18(8-4-15)35-37(38,36-19-9-5-16(2)6-10-19)33-14-25(24(26)27)22(32)21(31)23(34-25)28-12-11-17(29)13-20(28)30/h3-12,21-24,31-32H,13-14H2,1-2H3/t21-,22-,23+,25+/m0/s1. The van der Waals surface area contributed by atoms with Gasteiger partial charge in [-0.05, 0) is 44.2 Å². The van der Waals surface area contributed by atoms with Crippen LogP contribution in [0, 0.1) is 13.8 Å². The van der Waals surface area contributed by atoms with E-state index >= 15 is 0 Å². The average molecular weight is 570 g/mol. The van der Waals surface area contributed by atoms with E-state index in [-0.39, 0.29) is 11.5 Å². The summed E-state index contributed by atoms with van der Waals surface area (Å²) in [5, 5.41) is 21.3. The summed E-state index contributed by atoms with van der Waals surface area (Å²) in [7, 11) is 0. The van der Waals surface area contributed by atoms with E-state index in [1.165, 1.54) is 0 Å². The number of aryl methyl sites for hydroxylation is 2. The number of carbonyl (C=O) groups excluding carboxylic acids is 2. The molecule has 2 heterocycles. The minimum Gasteiger partial charge on any atom is -0.416 e. The van der Waals surface area contributed by atoms with Crippen molar-refractivity contribution in [2.24, 2.45) is 0 Å². The lowest BCUT2D eigenvalue weighted by molar-refractivity contribution is -0.199. The van der Waals surface area contributed by atoms with Crippen LogP contribution < -0.4 is 9.05 Å². The Morgan fingerprint density at radius 3 is 2.05 bits per heavy atom. The molecule has 38 heavy (non-hydrogen) atoms. The van der Waals surface area contributed by atoms with Gasteiger partial charge in [-0.1, -0.05) is 35.4 Å². The summed E-state index contributed by atoms with van der Waals surface area (Å²) in [6.07, 6.45) is -7.68. The lowest BCUT2D eigenvalue weighted by Gasteiger charge is -2.34. The Labute approximate surface area is 222 Å². The molecule has 1 saturated heterocycles. The van der Waals surface area contributed by atoms with Gasteiger partial charge in [0.1, 0.15) is 23.7 Å². The highest BCUT2D eigenvalue weighted by atomic mass is 32.5. The van der Waals surface area contributed by atoms with E-state index in [2.05, 4.69) is 0 Å². The van der Waals surface area contributed by atoms with Crippen molar-refractivity contribution in [3.8, 4) is 11.5 Å². The number of aliphatic hydroxyl groups excluding tert-OH is 2. The second-order valence-corrected chi connectivity index (χ2v) is 11.8. The zero-order chi connectivity index (χ0) is 27.7. The summed E-state index contributed by atoms with van der Waals surface area (Å²) < 4.78 is 51.7. The van der Waals surface area contributed by atoms with Crippen molar-refractivity contribution in [3.05, 3.63) is 71.9 Å². The summed E-state index contributed by atoms with van der Waals surface area (Å²) >= 11 is 5.54. The molecular weight excluding hydrogens is 543 g/mol. The summed E-state index contributed by atoms with van der Waals surface area (Å²) in [6, 6.07) is 13.4. The smallest absolute Gasteiger partial charge is 0.416 e. The highest BCUT2D eigenvalue weighted by Crippen LogP contribution is 2.52. The minimum atomic E-state index is -3.86. The van der Waals surface area contributed by atoms with E-state index in [0.29, 0.717) is 0 Å². The molecule has 0 radical (unpaired) electrons. The number of aliphatic hydroxyl groups is 2. The minimum absolute atomic E-state index is 0.261. The number of hydrogen-bond donors (Lipinski definition) is 2. The second kappa shape index (κ2) is 11.2. The summed E-state index contributed by atoms with van der Waals surface area (Å²) in [5.41, 5.74) is -0.918. The van der Waals surface area contributed by atoms with Crippen molar-refractivity contribution in [2.75, 3.05) is 6.61 Å². The molecule has 2 aromatic carbocycles. The van der Waals surface area contributed by atoms with Crippen LogP contribution in [0.25, 0.3) is 0 Å². The Morgan fingerprint density at radius 2 is 1.58 bits per heavy atom. The topological polar surface area (TPSA) is 115 Å². The number of benzene rings is 2. The van der Waals surface area contributed by atoms with Crippen molar-refractivity contribution in [1.29, 1.82) is 0 Å². The van der Waals surface area contributed by atoms with Gasteiger partial charge in [-0.25, -0.2) is 8.78 Å². The second-order valence-electron chi connectivity index (χ2n) is 8.99. The van der Waals surface area contributed by atoms with Gasteiger partial charge in [-0.2, -0.15) is 0 Å². The molecule has 2 aliphatic rings. The maximum Gasteiger partial charge on any atom is 0.435 e. The molecule has 1 amide bonds. The molecule has 0 aliphatic carbocycles. The predicted octanol–water partition coefficient (Wildman–Crippen LogP) is 3.40. The van der Waals surface area contributed by atoms with Gasteiger partial charge in [0.2, 0.25) is 5.91 Å². The van der Waals surface area contributed by atoms with Crippen LogP contribution in [0.2, 0.25) is 0 Å². The molecule has 0 spiro atoms. The number of alkyl halides is 2. The van der Waals surface area contributed by atoms with E-state index < -0.39 is 61.9 Å². The van der Waals surface area contributed by atoms with Gasteiger partial charge in [-0.3, -0.25) is 19.0 Å². The Balaban J connectivity index is 1.61.